The number of aliphatic hydroxyl groups is 6. The Morgan fingerprint density at radius 3 is 2.02 bits per heavy atom. The summed E-state index contributed by atoms with van der Waals surface area (Å²) in [6, 6.07) is 1.22. The molecule has 11 bridgehead atoms. The highest BCUT2D eigenvalue weighted by molar-refractivity contribution is 6.32. The van der Waals surface area contributed by atoms with E-state index in [1.165, 1.54) is 57.3 Å². The molecule has 18 atom stereocenters. The summed E-state index contributed by atoms with van der Waals surface area (Å²) in [7, 11) is 1.48. The van der Waals surface area contributed by atoms with Crippen molar-refractivity contribution in [3.05, 3.63) is 118 Å². The fraction of sp³-hybridized carbons (Fsp3) is 0.424. The van der Waals surface area contributed by atoms with E-state index >= 15 is 14.4 Å². The van der Waals surface area contributed by atoms with Gasteiger partial charge in [0.1, 0.15) is 89.5 Å². The lowest BCUT2D eigenvalue weighted by Gasteiger charge is -2.47. The van der Waals surface area contributed by atoms with E-state index in [0.29, 0.717) is 0 Å². The molecule has 2 saturated heterocycles. The number of aliphatic carboxylic acids is 1. The highest BCUT2D eigenvalue weighted by atomic mass is 35.5. The van der Waals surface area contributed by atoms with Crippen LogP contribution in [0, 0.1) is 5.92 Å². The number of likely N-dealkylation sites (N-methyl/N-ethyl adjacent to an activating group) is 1. The molecule has 33 nitrogen and oxygen atoms in total. The first-order chi connectivity index (χ1) is 47.2. The number of fused-ring (bicyclic) bond motifs is 15. The molecule has 0 spiro atoms. The zero-order chi connectivity index (χ0) is 72.7. The number of carboxylic acids is 1. The van der Waals surface area contributed by atoms with Gasteiger partial charge in [0.05, 0.1) is 36.3 Å². The molecule has 536 valence electrons. The van der Waals surface area contributed by atoms with Crippen LogP contribution in [0.5, 0.6) is 46.0 Å². The average molecular weight is 1410 g/mol. The number of phenolic OH excluding ortho intramolecular Hbond substituents is 3. The average Bonchev–Trinajstić information content (AvgIpc) is 0.772. The molecule has 5 aromatic rings. The first-order valence-corrected chi connectivity index (χ1v) is 31.9. The second-order valence-electron chi connectivity index (χ2n) is 25.6. The standard InChI is InChI=1S/C66H76ClN9O24/c1-24(2)14-35(70-5)58(87)75-50-52(83)28-9-13-39(34(67)16-28)97-41-18-29-17-40(55(41)100-65-56(54(85)53(84)42(23-77)98-65)99-44-22-66(4,69)57(86)25(3)95-44)96-31-10-6-26(7-11-31)51(82)49-63(92)74-48(64(93)94)33-19-30(78)20-38(80)45(33)32-15-27(8-12-37(32)79)46(60(89)76-49)73-61(90)47(29)72-59(88)36(21-43(68)81)71-62(50)91/h6-13,15-20,24-25,35-36,42,44,46-54,56-57,65,70,77-80,82-86H,14,21-23,69H2,1-5H3,(H2,68,81)(H,71,91)(H,72,88)(H,73,90)(H,74,92)(H,75,87)(H,76,89)(H,93,94). The number of carboxylic acid groups (broad SMARTS) is 1. The number of aliphatic hydroxyl groups excluding tert-OH is 6. The zero-order valence-corrected chi connectivity index (χ0v) is 54.8. The van der Waals surface area contributed by atoms with Crippen molar-refractivity contribution in [3.8, 4) is 57.1 Å². The van der Waals surface area contributed by atoms with Crippen LogP contribution in [0.25, 0.3) is 11.1 Å². The maximum Gasteiger partial charge on any atom is 0.330 e. The van der Waals surface area contributed by atoms with Crippen LogP contribution in [0.1, 0.15) is 105 Å². The minimum absolute atomic E-state index is 0.0909. The Hall–Kier alpha value is -9.49. The zero-order valence-electron chi connectivity index (χ0n) is 54.0. The van der Waals surface area contributed by atoms with Crippen LogP contribution in [0.4, 0.5) is 0 Å². The minimum atomic E-state index is -2.31. The number of nitrogens with one attached hydrogen (secondary N) is 7. The van der Waals surface area contributed by atoms with Crippen LogP contribution in [-0.4, -0.2) is 191 Å². The number of ether oxygens (including phenoxy) is 6. The Labute approximate surface area is 574 Å². The van der Waals surface area contributed by atoms with Gasteiger partial charge in [-0.15, -0.1) is 0 Å². The summed E-state index contributed by atoms with van der Waals surface area (Å²) >= 11 is 7.06. The third kappa shape index (κ3) is 15.4. The van der Waals surface area contributed by atoms with Gasteiger partial charge < -0.3 is 128 Å². The van der Waals surface area contributed by atoms with Crippen LogP contribution in [0.3, 0.4) is 0 Å². The Kier molecular flexibility index (Phi) is 21.8. The van der Waals surface area contributed by atoms with Gasteiger partial charge in [-0.05, 0) is 110 Å². The molecule has 0 aromatic heterocycles. The Morgan fingerprint density at radius 1 is 0.730 bits per heavy atom. The molecule has 0 aliphatic carbocycles. The van der Waals surface area contributed by atoms with Gasteiger partial charge in [-0.3, -0.25) is 33.6 Å². The predicted octanol–water partition coefficient (Wildman–Crippen LogP) is -0.547. The molecule has 0 saturated carbocycles. The number of carbonyl (C=O) groups is 8. The van der Waals surface area contributed by atoms with Crippen molar-refractivity contribution in [2.24, 2.45) is 17.4 Å². The molecular formula is C66H76ClN9O24. The molecule has 7 heterocycles. The second-order valence-corrected chi connectivity index (χ2v) is 26.0. The lowest BCUT2D eigenvalue weighted by Crippen LogP contribution is -2.64. The van der Waals surface area contributed by atoms with E-state index in [2.05, 4.69) is 37.2 Å². The van der Waals surface area contributed by atoms with Crippen molar-refractivity contribution in [1.29, 1.82) is 0 Å². The third-order valence-corrected chi connectivity index (χ3v) is 18.0. The van der Waals surface area contributed by atoms with Crippen molar-refractivity contribution < 1.29 is 118 Å². The number of phenols is 3. The number of nitrogens with two attached hydrogens (primary N) is 2. The number of primary amides is 1. The Morgan fingerprint density at radius 2 is 1.38 bits per heavy atom. The number of carbonyl (C=O) groups excluding carboxylic acids is 7. The predicted molar refractivity (Wildman–Crippen MR) is 344 cm³/mol. The van der Waals surface area contributed by atoms with E-state index in [-0.39, 0.29) is 52.0 Å². The van der Waals surface area contributed by atoms with E-state index < -0.39 is 226 Å². The van der Waals surface area contributed by atoms with E-state index in [0.717, 1.165) is 48.5 Å². The van der Waals surface area contributed by atoms with Gasteiger partial charge in [0.25, 0.3) is 0 Å². The molecule has 12 rings (SSSR count). The molecular weight excluding hydrogens is 1340 g/mol. The van der Waals surface area contributed by atoms with Gasteiger partial charge in [-0.2, -0.15) is 0 Å². The lowest BCUT2D eigenvalue weighted by atomic mass is 9.86. The highest BCUT2D eigenvalue weighted by Gasteiger charge is 2.51. The number of rotatable bonds is 13. The van der Waals surface area contributed by atoms with Crippen LogP contribution >= 0.6 is 11.6 Å². The maximum absolute atomic E-state index is 16.0. The smallest absolute Gasteiger partial charge is 0.330 e. The van der Waals surface area contributed by atoms with Gasteiger partial charge in [0.15, 0.2) is 29.9 Å². The number of hydrogen-bond acceptors (Lipinski definition) is 25. The van der Waals surface area contributed by atoms with Crippen molar-refractivity contribution in [2.75, 3.05) is 13.7 Å². The van der Waals surface area contributed by atoms with Gasteiger partial charge in [-0.1, -0.05) is 49.7 Å². The number of hydrogen-bond donors (Lipinski definition) is 19. The van der Waals surface area contributed by atoms with Crippen molar-refractivity contribution in [2.45, 2.75) is 156 Å². The molecule has 7 aliphatic heterocycles. The van der Waals surface area contributed by atoms with Crippen molar-refractivity contribution in [3.63, 3.8) is 0 Å². The Bertz CT molecular complexity index is 4000. The SMILES string of the molecule is CNC(CC(C)C)C(=O)NC1C(=O)NC(CC(N)=O)C(=O)NC2C(=O)NC3C(=O)NC(C(=O)NC(C(=O)O)c4cc(O)cc(O)c4-c4cc3ccc4O)C(O)c3ccc(cc3)Oc3cc2cc(c3OC2OC(CO)C(O)C(O)C2OC2CC(C)(N)C(O)C(C)O2)Oc2ccc(cc2Cl)C1O. The van der Waals surface area contributed by atoms with E-state index in [4.69, 9.17) is 51.5 Å². The summed E-state index contributed by atoms with van der Waals surface area (Å²) in [5, 5.41) is 131. The largest absolute Gasteiger partial charge is 0.508 e. The minimum Gasteiger partial charge on any atom is -0.508 e. The maximum atomic E-state index is 16.0. The van der Waals surface area contributed by atoms with Gasteiger partial charge >= 0.3 is 5.97 Å². The van der Waals surface area contributed by atoms with E-state index in [1.54, 1.807) is 0 Å². The summed E-state index contributed by atoms with van der Waals surface area (Å²) in [5.41, 5.74) is 8.26. The fourth-order valence-electron chi connectivity index (χ4n) is 12.5. The quantitative estimate of drug-likeness (QED) is 0.0703. The second kappa shape index (κ2) is 29.8. The number of benzene rings is 5. The molecule has 7 aliphatic rings. The van der Waals surface area contributed by atoms with Crippen LogP contribution in [-0.2, 0) is 52.6 Å². The molecule has 7 amide bonds. The van der Waals surface area contributed by atoms with Crippen molar-refractivity contribution >= 4 is 58.9 Å². The first kappa shape index (κ1) is 73.2. The topological polar surface area (TPSA) is 530 Å². The summed E-state index contributed by atoms with van der Waals surface area (Å²) in [4.78, 5) is 117. The van der Waals surface area contributed by atoms with Crippen LogP contribution < -0.4 is 62.9 Å². The monoisotopic (exact) mass is 1410 g/mol. The number of amides is 7. The summed E-state index contributed by atoms with van der Waals surface area (Å²) < 4.78 is 38.3. The molecule has 2 fully saturated rings. The highest BCUT2D eigenvalue weighted by Crippen LogP contribution is 2.49. The van der Waals surface area contributed by atoms with Crippen LogP contribution in [0.15, 0.2) is 84.9 Å². The normalized spacial score (nSPS) is 29.6. The summed E-state index contributed by atoms with van der Waals surface area (Å²) in [5.74, 6) is -15.4. The summed E-state index contributed by atoms with van der Waals surface area (Å²) in [6.07, 6.45) is -18.2. The number of halogens is 1. The van der Waals surface area contributed by atoms with Crippen molar-refractivity contribution in [1.82, 2.24) is 37.2 Å². The molecule has 21 N–H and O–H groups in total. The van der Waals surface area contributed by atoms with E-state index in [1.807, 2.05) is 13.8 Å². The fourth-order valence-corrected chi connectivity index (χ4v) is 12.7. The molecule has 34 heteroatoms. The lowest BCUT2D eigenvalue weighted by molar-refractivity contribution is -0.333. The Balaban J connectivity index is 1.23. The van der Waals surface area contributed by atoms with Gasteiger partial charge in [0, 0.05) is 34.7 Å². The van der Waals surface area contributed by atoms with Gasteiger partial charge in [0.2, 0.25) is 53.4 Å². The third-order valence-electron chi connectivity index (χ3n) is 17.7. The molecule has 18 unspecified atom stereocenters. The summed E-state index contributed by atoms with van der Waals surface area (Å²) in [6.45, 7) is 5.70. The molecule has 5 aromatic carbocycles. The molecule has 0 radical (unpaired) electrons. The molecule has 100 heavy (non-hydrogen) atoms. The first-order valence-electron chi connectivity index (χ1n) is 31.5. The van der Waals surface area contributed by atoms with Crippen LogP contribution in [0.2, 0.25) is 5.02 Å². The van der Waals surface area contributed by atoms with E-state index in [9.17, 15) is 75.0 Å². The van der Waals surface area contributed by atoms with Gasteiger partial charge in [-0.25, -0.2) is 4.79 Å². The number of aromatic hydroxyl groups is 3.